The summed E-state index contributed by atoms with van der Waals surface area (Å²) in [4.78, 5) is 19.4. The number of hydrogen-bond donors (Lipinski definition) is 1. The van der Waals surface area contributed by atoms with E-state index in [-0.39, 0.29) is 34.2 Å². The second-order valence-corrected chi connectivity index (χ2v) is 12.9. The maximum Gasteiger partial charge on any atom is 0.273 e. The number of carbonyl (C=O) groups excluding carboxylic acids is 1. The van der Waals surface area contributed by atoms with Crippen LogP contribution >= 0.6 is 11.6 Å². The van der Waals surface area contributed by atoms with Crippen molar-refractivity contribution in [1.82, 2.24) is 20.1 Å². The van der Waals surface area contributed by atoms with Gasteiger partial charge in [-0.2, -0.15) is 5.10 Å². The number of aryl methyl sites for hydroxylation is 1. The van der Waals surface area contributed by atoms with Crippen LogP contribution in [0.4, 0.5) is 14.6 Å². The van der Waals surface area contributed by atoms with Crippen LogP contribution in [-0.4, -0.2) is 73.8 Å². The van der Waals surface area contributed by atoms with Crippen LogP contribution in [0.5, 0.6) is 5.75 Å². The first-order valence-electron chi connectivity index (χ1n) is 12.8. The molecule has 38 heavy (non-hydrogen) atoms. The highest BCUT2D eigenvalue weighted by molar-refractivity contribution is 7.91. The fourth-order valence-corrected chi connectivity index (χ4v) is 6.71. The average Bonchev–Trinajstić information content (AvgIpc) is 3.19. The van der Waals surface area contributed by atoms with Gasteiger partial charge in [-0.05, 0) is 44.4 Å². The van der Waals surface area contributed by atoms with Gasteiger partial charge in [0.2, 0.25) is 6.43 Å². The second kappa shape index (κ2) is 11.7. The smallest absolute Gasteiger partial charge is 0.273 e. The number of rotatable bonds is 10. The molecule has 1 saturated heterocycles. The standard InChI is InChI=1S/C25H34ClF2N5O4S/c1-4-33-24(18-12-29-21(10-19(18)37-2)32-13-16(14-32)9-20(27)28)22(26)23(31-33)25(34)30-11-15-5-7-17(8-6-15)38(3,35)36/h10,12,15-17,20H,4-9,11,13-14H2,1-3H3,(H,30,34)/t15-,17-. The van der Waals surface area contributed by atoms with Crippen molar-refractivity contribution in [2.24, 2.45) is 11.8 Å². The van der Waals surface area contributed by atoms with E-state index in [2.05, 4.69) is 15.4 Å². The fraction of sp³-hybridized carbons (Fsp3) is 0.640. The minimum atomic E-state index is -3.04. The predicted octanol–water partition coefficient (Wildman–Crippen LogP) is 4.05. The van der Waals surface area contributed by atoms with Gasteiger partial charge < -0.3 is 15.0 Å². The van der Waals surface area contributed by atoms with Crippen LogP contribution in [-0.2, 0) is 16.4 Å². The molecule has 0 radical (unpaired) electrons. The number of ether oxygens (including phenoxy) is 1. The molecule has 0 aromatic carbocycles. The molecule has 1 N–H and O–H groups in total. The zero-order valence-electron chi connectivity index (χ0n) is 21.8. The Bertz CT molecular complexity index is 1260. The Hall–Kier alpha value is -2.47. The number of hydrogen-bond acceptors (Lipinski definition) is 7. The lowest BCUT2D eigenvalue weighted by Gasteiger charge is -2.40. The summed E-state index contributed by atoms with van der Waals surface area (Å²) in [6.45, 7) is 3.76. The molecule has 1 aliphatic carbocycles. The zero-order chi connectivity index (χ0) is 27.6. The summed E-state index contributed by atoms with van der Waals surface area (Å²) in [7, 11) is -1.52. The number of nitrogens with one attached hydrogen (secondary N) is 1. The Morgan fingerprint density at radius 3 is 2.50 bits per heavy atom. The molecule has 3 heterocycles. The highest BCUT2D eigenvalue weighted by atomic mass is 35.5. The molecular weight excluding hydrogens is 540 g/mol. The first-order valence-corrected chi connectivity index (χ1v) is 15.2. The molecule has 0 unspecified atom stereocenters. The lowest BCUT2D eigenvalue weighted by atomic mass is 9.89. The van der Waals surface area contributed by atoms with Gasteiger partial charge in [0.25, 0.3) is 5.91 Å². The lowest BCUT2D eigenvalue weighted by molar-refractivity contribution is 0.0937. The normalized spacial score (nSPS) is 20.4. The number of alkyl halides is 2. The van der Waals surface area contributed by atoms with E-state index in [4.69, 9.17) is 16.3 Å². The molecule has 2 aromatic heterocycles. The van der Waals surface area contributed by atoms with E-state index in [1.54, 1.807) is 16.9 Å². The zero-order valence-corrected chi connectivity index (χ0v) is 23.4. The SMILES string of the molecule is CCn1nc(C(=O)NC[C@H]2CC[C@H](S(C)(=O)=O)CC2)c(Cl)c1-c1cnc(N2CC(CC(F)F)C2)cc1OC. The molecule has 1 aliphatic heterocycles. The lowest BCUT2D eigenvalue weighted by Crippen LogP contribution is -2.47. The van der Waals surface area contributed by atoms with Crippen LogP contribution in [0.2, 0.25) is 5.02 Å². The highest BCUT2D eigenvalue weighted by Gasteiger charge is 2.32. The minimum absolute atomic E-state index is 0.0609. The quantitative estimate of drug-likeness (QED) is 0.457. The van der Waals surface area contributed by atoms with Crippen LogP contribution in [0.3, 0.4) is 0 Å². The van der Waals surface area contributed by atoms with E-state index in [1.165, 1.54) is 13.4 Å². The number of amides is 1. The third-order valence-corrected chi connectivity index (χ3v) is 9.52. The van der Waals surface area contributed by atoms with Gasteiger partial charge >= 0.3 is 0 Å². The van der Waals surface area contributed by atoms with Crippen LogP contribution in [0, 0.1) is 11.8 Å². The van der Waals surface area contributed by atoms with Crippen molar-refractivity contribution >= 4 is 33.2 Å². The number of anilines is 1. The van der Waals surface area contributed by atoms with Gasteiger partial charge in [-0.1, -0.05) is 11.6 Å². The fourth-order valence-electron chi connectivity index (χ4n) is 5.26. The van der Waals surface area contributed by atoms with Gasteiger partial charge in [-0.25, -0.2) is 22.2 Å². The van der Waals surface area contributed by atoms with Crippen LogP contribution < -0.4 is 15.0 Å². The molecule has 0 bridgehead atoms. The van der Waals surface area contributed by atoms with Crippen molar-refractivity contribution in [3.05, 3.63) is 23.0 Å². The molecule has 4 rings (SSSR count). The monoisotopic (exact) mass is 573 g/mol. The summed E-state index contributed by atoms with van der Waals surface area (Å²) in [5.41, 5.74) is 1.17. The third kappa shape index (κ3) is 6.22. The summed E-state index contributed by atoms with van der Waals surface area (Å²) < 4.78 is 56.1. The van der Waals surface area contributed by atoms with Crippen molar-refractivity contribution in [2.45, 2.75) is 57.2 Å². The first kappa shape index (κ1) is 28.5. The van der Waals surface area contributed by atoms with Crippen LogP contribution in [0.1, 0.15) is 49.5 Å². The molecule has 13 heteroatoms. The molecule has 1 saturated carbocycles. The van der Waals surface area contributed by atoms with Crippen LogP contribution in [0.25, 0.3) is 11.3 Å². The molecule has 9 nitrogen and oxygen atoms in total. The number of carbonyl (C=O) groups is 1. The number of pyridine rings is 1. The number of methoxy groups -OCH3 is 1. The largest absolute Gasteiger partial charge is 0.496 e. The van der Waals surface area contributed by atoms with Crippen molar-refractivity contribution in [1.29, 1.82) is 0 Å². The number of halogens is 3. The van der Waals surface area contributed by atoms with E-state index in [1.807, 2.05) is 11.8 Å². The van der Waals surface area contributed by atoms with Crippen molar-refractivity contribution in [3.8, 4) is 17.0 Å². The summed E-state index contributed by atoms with van der Waals surface area (Å²) in [5.74, 6) is 0.843. The first-order chi connectivity index (χ1) is 18.0. The van der Waals surface area contributed by atoms with E-state index in [0.29, 0.717) is 61.8 Å². The van der Waals surface area contributed by atoms with E-state index >= 15 is 0 Å². The van der Waals surface area contributed by atoms with Crippen LogP contribution in [0.15, 0.2) is 12.3 Å². The molecular formula is C25H34ClF2N5O4S. The van der Waals surface area contributed by atoms with E-state index in [9.17, 15) is 22.0 Å². The van der Waals surface area contributed by atoms with Gasteiger partial charge in [0.1, 0.15) is 21.4 Å². The van der Waals surface area contributed by atoms with Gasteiger partial charge in [0.15, 0.2) is 5.69 Å². The molecule has 0 spiro atoms. The second-order valence-electron chi connectivity index (χ2n) is 10.1. The Kier molecular flexibility index (Phi) is 8.81. The molecule has 2 aliphatic rings. The highest BCUT2D eigenvalue weighted by Crippen LogP contribution is 2.39. The predicted molar refractivity (Wildman–Crippen MR) is 142 cm³/mol. The number of sulfone groups is 1. The number of aromatic nitrogens is 3. The summed E-state index contributed by atoms with van der Waals surface area (Å²) >= 11 is 6.69. The Morgan fingerprint density at radius 1 is 1.24 bits per heavy atom. The van der Waals surface area contributed by atoms with Gasteiger partial charge in [-0.3, -0.25) is 9.48 Å². The molecule has 2 aromatic rings. The maximum atomic E-state index is 13.0. The Labute approximate surface area is 226 Å². The van der Waals surface area contributed by atoms with E-state index < -0.39 is 22.2 Å². The maximum absolute atomic E-state index is 13.0. The van der Waals surface area contributed by atoms with Crippen molar-refractivity contribution in [2.75, 3.05) is 37.9 Å². The van der Waals surface area contributed by atoms with Crippen molar-refractivity contribution in [3.63, 3.8) is 0 Å². The molecule has 2 fully saturated rings. The molecule has 1 amide bonds. The Morgan fingerprint density at radius 2 is 1.92 bits per heavy atom. The molecule has 0 atom stereocenters. The number of nitrogens with zero attached hydrogens (tertiary/aromatic N) is 4. The Balaban J connectivity index is 1.46. The minimum Gasteiger partial charge on any atom is -0.496 e. The third-order valence-electron chi connectivity index (χ3n) is 7.48. The topological polar surface area (TPSA) is 106 Å². The average molecular weight is 574 g/mol. The van der Waals surface area contributed by atoms with Crippen molar-refractivity contribution < 1.29 is 26.7 Å². The summed E-state index contributed by atoms with van der Waals surface area (Å²) in [5, 5.41) is 7.22. The van der Waals surface area contributed by atoms with E-state index in [0.717, 1.165) is 12.8 Å². The summed E-state index contributed by atoms with van der Waals surface area (Å²) in [6, 6.07) is 1.74. The summed E-state index contributed by atoms with van der Waals surface area (Å²) in [6.07, 6.45) is 3.10. The van der Waals surface area contributed by atoms with Gasteiger partial charge in [0, 0.05) is 51.1 Å². The molecule has 210 valence electrons. The van der Waals surface area contributed by atoms with Gasteiger partial charge in [0.05, 0.1) is 28.6 Å². The van der Waals surface area contributed by atoms with Gasteiger partial charge in [-0.15, -0.1) is 0 Å².